The van der Waals surface area contributed by atoms with E-state index in [4.69, 9.17) is 19.4 Å². The van der Waals surface area contributed by atoms with E-state index in [1.165, 1.54) is 71.5 Å². The van der Waals surface area contributed by atoms with E-state index in [2.05, 4.69) is 187 Å². The minimum atomic E-state index is -0.171. The predicted molar refractivity (Wildman–Crippen MR) is 295 cm³/mol. The summed E-state index contributed by atoms with van der Waals surface area (Å²) in [4.78, 5) is 15.1. The normalized spacial score (nSPS) is 13.0. The second kappa shape index (κ2) is 15.3. The molecular formula is C66H43N5O. The summed E-state index contributed by atoms with van der Waals surface area (Å²) in [6.07, 6.45) is 0. The highest BCUT2D eigenvalue weighted by molar-refractivity contribution is 6.15. The molecule has 0 bridgehead atoms. The molecule has 6 nitrogen and oxygen atoms in total. The first-order chi connectivity index (χ1) is 35.4. The maximum atomic E-state index is 6.84. The summed E-state index contributed by atoms with van der Waals surface area (Å²) >= 11 is 0. The Morgan fingerprint density at radius 1 is 0.333 bits per heavy atom. The van der Waals surface area contributed by atoms with Gasteiger partial charge in [0, 0.05) is 60.2 Å². The van der Waals surface area contributed by atoms with Gasteiger partial charge in [0.15, 0.2) is 17.5 Å². The summed E-state index contributed by atoms with van der Waals surface area (Å²) in [5, 5.41) is 6.93. The Bertz CT molecular complexity index is 4470. The monoisotopic (exact) mass is 921 g/mol. The van der Waals surface area contributed by atoms with Gasteiger partial charge in [0.1, 0.15) is 11.2 Å². The molecule has 72 heavy (non-hydrogen) atoms. The Kier molecular flexibility index (Phi) is 8.61. The molecule has 14 aromatic rings. The number of hydrogen-bond acceptors (Lipinski definition) is 4. The molecule has 4 aromatic heterocycles. The fourth-order valence-corrected chi connectivity index (χ4v) is 11.7. The van der Waals surface area contributed by atoms with E-state index in [1.807, 2.05) is 60.7 Å². The van der Waals surface area contributed by atoms with Crippen LogP contribution in [0.2, 0.25) is 0 Å². The van der Waals surface area contributed by atoms with Gasteiger partial charge in [0.2, 0.25) is 0 Å². The number of aromatic nitrogens is 5. The Morgan fingerprint density at radius 2 is 0.917 bits per heavy atom. The summed E-state index contributed by atoms with van der Waals surface area (Å²) in [6.45, 7) is 4.72. The van der Waals surface area contributed by atoms with Crippen molar-refractivity contribution in [2.45, 2.75) is 19.3 Å². The number of nitrogens with zero attached hydrogens (tertiary/aromatic N) is 5. The lowest BCUT2D eigenvalue weighted by molar-refractivity contribution is 0.661. The van der Waals surface area contributed by atoms with Crippen LogP contribution in [0.25, 0.3) is 133 Å². The van der Waals surface area contributed by atoms with Gasteiger partial charge in [-0.1, -0.05) is 166 Å². The first-order valence-electron chi connectivity index (χ1n) is 24.6. The molecule has 1 aliphatic carbocycles. The van der Waals surface area contributed by atoms with Crippen molar-refractivity contribution >= 4 is 65.6 Å². The summed E-state index contributed by atoms with van der Waals surface area (Å²) in [5.74, 6) is 1.78. The summed E-state index contributed by atoms with van der Waals surface area (Å²) in [5.41, 5.74) is 18.6. The fourth-order valence-electron chi connectivity index (χ4n) is 11.7. The Hall–Kier alpha value is -9.39. The minimum Gasteiger partial charge on any atom is -0.455 e. The fraction of sp³-hybridized carbons (Fsp3) is 0.0455. The molecule has 15 rings (SSSR count). The van der Waals surface area contributed by atoms with Crippen molar-refractivity contribution in [2.75, 3.05) is 0 Å². The predicted octanol–water partition coefficient (Wildman–Crippen LogP) is 16.9. The van der Waals surface area contributed by atoms with E-state index < -0.39 is 0 Å². The molecule has 0 saturated carbocycles. The van der Waals surface area contributed by atoms with Gasteiger partial charge in [-0.3, -0.25) is 0 Å². The van der Waals surface area contributed by atoms with Crippen LogP contribution < -0.4 is 0 Å². The topological polar surface area (TPSA) is 61.7 Å². The molecule has 0 amide bonds. The molecule has 10 aromatic carbocycles. The van der Waals surface area contributed by atoms with Gasteiger partial charge in [-0.15, -0.1) is 0 Å². The van der Waals surface area contributed by atoms with Gasteiger partial charge in [-0.25, -0.2) is 15.0 Å². The van der Waals surface area contributed by atoms with Crippen LogP contribution in [0.3, 0.4) is 0 Å². The number of fused-ring (bicyclic) bond motifs is 12. The van der Waals surface area contributed by atoms with E-state index >= 15 is 0 Å². The Morgan fingerprint density at radius 3 is 1.71 bits per heavy atom. The van der Waals surface area contributed by atoms with Crippen LogP contribution in [0.15, 0.2) is 229 Å². The number of benzene rings is 10. The van der Waals surface area contributed by atoms with Crippen LogP contribution in [0.5, 0.6) is 0 Å². The van der Waals surface area contributed by atoms with Crippen LogP contribution >= 0.6 is 0 Å². The zero-order valence-corrected chi connectivity index (χ0v) is 39.5. The molecule has 4 heterocycles. The highest BCUT2D eigenvalue weighted by atomic mass is 16.3. The summed E-state index contributed by atoms with van der Waals surface area (Å²) in [7, 11) is 0. The lowest BCUT2D eigenvalue weighted by Crippen LogP contribution is -2.14. The number of para-hydroxylation sites is 3. The van der Waals surface area contributed by atoms with Crippen molar-refractivity contribution in [3.63, 3.8) is 0 Å². The van der Waals surface area contributed by atoms with E-state index in [0.717, 1.165) is 55.5 Å². The number of rotatable bonds is 6. The zero-order chi connectivity index (χ0) is 47.7. The van der Waals surface area contributed by atoms with Crippen LogP contribution in [0.4, 0.5) is 0 Å². The van der Waals surface area contributed by atoms with Crippen LogP contribution in [0.1, 0.15) is 25.0 Å². The average molecular weight is 922 g/mol. The van der Waals surface area contributed by atoms with Crippen molar-refractivity contribution in [1.82, 2.24) is 24.1 Å². The van der Waals surface area contributed by atoms with E-state index in [0.29, 0.717) is 17.5 Å². The molecule has 0 radical (unpaired) electrons. The molecule has 6 heteroatoms. The molecule has 0 aliphatic heterocycles. The molecule has 0 saturated heterocycles. The average Bonchev–Trinajstić information content (AvgIpc) is 4.15. The van der Waals surface area contributed by atoms with Crippen LogP contribution in [0, 0.1) is 0 Å². The highest BCUT2D eigenvalue weighted by Gasteiger charge is 2.36. The standard InChI is InChI=1S/C66H43N5O/c1-66(2)55-27-14-12-23-46(55)51-38-53-52-35-42(43-29-32-48-47-24-13-15-28-57(47)70(59(48)36-43)44-21-10-5-11-22-44)30-33-58(52)71(60(53)39-56(51)66)45-31-34-61-54(37-45)49-25-16-26-50(62(49)72-61)65-68-63(40-17-6-3-7-18-40)67-64(69-65)41-19-8-4-9-20-41/h3-39H,1-2H3. The van der Waals surface area contributed by atoms with Gasteiger partial charge < -0.3 is 13.6 Å². The minimum absolute atomic E-state index is 0.171. The highest BCUT2D eigenvalue weighted by Crippen LogP contribution is 2.51. The van der Waals surface area contributed by atoms with Gasteiger partial charge in [0.05, 0.1) is 27.6 Å². The molecule has 0 spiro atoms. The third-order valence-corrected chi connectivity index (χ3v) is 15.2. The van der Waals surface area contributed by atoms with Crippen LogP contribution in [-0.4, -0.2) is 24.1 Å². The van der Waals surface area contributed by atoms with Gasteiger partial charge in [0.25, 0.3) is 0 Å². The summed E-state index contributed by atoms with van der Waals surface area (Å²) < 4.78 is 11.7. The van der Waals surface area contributed by atoms with Gasteiger partial charge in [-0.2, -0.15) is 0 Å². The van der Waals surface area contributed by atoms with Crippen molar-refractivity contribution < 1.29 is 4.42 Å². The van der Waals surface area contributed by atoms with E-state index in [1.54, 1.807) is 0 Å². The molecule has 0 atom stereocenters. The second-order valence-electron chi connectivity index (χ2n) is 19.6. The molecule has 0 N–H and O–H groups in total. The maximum absolute atomic E-state index is 6.84. The van der Waals surface area contributed by atoms with E-state index in [-0.39, 0.29) is 5.41 Å². The first kappa shape index (κ1) is 40.5. The number of hydrogen-bond donors (Lipinski definition) is 0. The van der Waals surface area contributed by atoms with Crippen molar-refractivity contribution in [3.8, 4) is 67.8 Å². The third kappa shape index (κ3) is 5.99. The molecule has 1 aliphatic rings. The summed E-state index contributed by atoms with van der Waals surface area (Å²) in [6, 6.07) is 80.3. The maximum Gasteiger partial charge on any atom is 0.167 e. The zero-order valence-electron chi connectivity index (χ0n) is 39.5. The lowest BCUT2D eigenvalue weighted by Gasteiger charge is -2.21. The van der Waals surface area contributed by atoms with Crippen molar-refractivity contribution in [1.29, 1.82) is 0 Å². The Balaban J connectivity index is 0.931. The van der Waals surface area contributed by atoms with Gasteiger partial charge >= 0.3 is 0 Å². The molecule has 0 fully saturated rings. The molecular weight excluding hydrogens is 879 g/mol. The Labute approximate surface area is 414 Å². The lowest BCUT2D eigenvalue weighted by atomic mass is 9.82. The van der Waals surface area contributed by atoms with Crippen molar-refractivity contribution in [3.05, 3.63) is 236 Å². The first-order valence-corrected chi connectivity index (χ1v) is 24.6. The van der Waals surface area contributed by atoms with Crippen LogP contribution in [-0.2, 0) is 5.41 Å². The molecule has 0 unspecified atom stereocenters. The van der Waals surface area contributed by atoms with E-state index in [9.17, 15) is 0 Å². The molecule has 338 valence electrons. The number of furan rings is 1. The second-order valence-corrected chi connectivity index (χ2v) is 19.6. The smallest absolute Gasteiger partial charge is 0.167 e. The third-order valence-electron chi connectivity index (χ3n) is 15.2. The quantitative estimate of drug-likeness (QED) is 0.167. The van der Waals surface area contributed by atoms with Crippen molar-refractivity contribution in [2.24, 2.45) is 0 Å². The largest absolute Gasteiger partial charge is 0.455 e. The SMILES string of the molecule is CC1(C)c2ccccc2-c2cc3c4cc(-c5ccc6c7ccccc7n(-c7ccccc7)c6c5)ccc4n(-c4ccc5oc6c(-c7nc(-c8ccccc8)nc(-c8ccccc8)n7)cccc6c5c4)c3cc21. The van der Waals surface area contributed by atoms with Gasteiger partial charge in [-0.05, 0) is 106 Å².